The van der Waals surface area contributed by atoms with Gasteiger partial charge in [-0.05, 0) is 32.4 Å². The van der Waals surface area contributed by atoms with Crippen molar-refractivity contribution in [2.24, 2.45) is 5.92 Å². The molecule has 2 amide bonds. The predicted octanol–water partition coefficient (Wildman–Crippen LogP) is 1.64. The lowest BCUT2D eigenvalue weighted by Crippen LogP contribution is -2.41. The molecule has 0 radical (unpaired) electrons. The lowest BCUT2D eigenvalue weighted by Gasteiger charge is -2.21. The summed E-state index contributed by atoms with van der Waals surface area (Å²) < 4.78 is 10.5. The van der Waals surface area contributed by atoms with Crippen molar-refractivity contribution in [2.75, 3.05) is 20.0 Å². The molecule has 3 N–H and O–H groups in total. The molecule has 1 rings (SSSR count). The Kier molecular flexibility index (Phi) is 8.99. The van der Waals surface area contributed by atoms with E-state index in [1.165, 1.54) is 0 Å². The summed E-state index contributed by atoms with van der Waals surface area (Å²) in [5.41, 5.74) is 3.22. The second-order valence-corrected chi connectivity index (χ2v) is 5.63. The van der Waals surface area contributed by atoms with Crippen LogP contribution in [0.5, 0.6) is 0 Å². The Bertz CT molecular complexity index is 518. The molecule has 134 valence electrons. The Morgan fingerprint density at radius 3 is 2.46 bits per heavy atom. The van der Waals surface area contributed by atoms with Crippen molar-refractivity contribution >= 4 is 11.8 Å². The Morgan fingerprint density at radius 1 is 1.21 bits per heavy atom. The second kappa shape index (κ2) is 10.7. The number of hydroxylamine groups is 1. The Hall–Kier alpha value is -1.96. The van der Waals surface area contributed by atoms with E-state index in [0.29, 0.717) is 18.6 Å². The predicted molar refractivity (Wildman–Crippen MR) is 88.6 cm³/mol. The molecule has 0 aliphatic rings. The molecule has 0 spiro atoms. The van der Waals surface area contributed by atoms with E-state index in [2.05, 4.69) is 5.32 Å². The zero-order valence-electron chi connectivity index (χ0n) is 14.4. The topological polar surface area (TPSA) is 96.9 Å². The molecule has 0 saturated carbocycles. The number of carbonyl (C=O) groups excluding carboxylic acids is 2. The van der Waals surface area contributed by atoms with E-state index in [1.54, 1.807) is 24.5 Å². The van der Waals surface area contributed by atoms with Crippen LogP contribution in [0.25, 0.3) is 0 Å². The SMILES string of the molecule is CCOCOCC(CC(C)C(=O)NO)NC(=O)c1ccc(C)cc1. The summed E-state index contributed by atoms with van der Waals surface area (Å²) in [5, 5.41) is 11.6. The summed E-state index contributed by atoms with van der Waals surface area (Å²) in [6.45, 7) is 6.33. The van der Waals surface area contributed by atoms with Gasteiger partial charge in [0.2, 0.25) is 5.91 Å². The first kappa shape index (κ1) is 20.1. The van der Waals surface area contributed by atoms with Gasteiger partial charge in [-0.25, -0.2) is 5.48 Å². The van der Waals surface area contributed by atoms with Crippen molar-refractivity contribution < 1.29 is 24.3 Å². The van der Waals surface area contributed by atoms with Crippen molar-refractivity contribution in [1.29, 1.82) is 0 Å². The summed E-state index contributed by atoms with van der Waals surface area (Å²) in [5.74, 6) is -1.22. The van der Waals surface area contributed by atoms with Crippen molar-refractivity contribution in [3.8, 4) is 0 Å². The average molecular weight is 338 g/mol. The molecule has 24 heavy (non-hydrogen) atoms. The van der Waals surface area contributed by atoms with Gasteiger partial charge in [-0.3, -0.25) is 14.8 Å². The molecular weight excluding hydrogens is 312 g/mol. The highest BCUT2D eigenvalue weighted by Crippen LogP contribution is 2.09. The molecule has 2 unspecified atom stereocenters. The zero-order chi connectivity index (χ0) is 17.9. The maximum absolute atomic E-state index is 12.3. The molecule has 7 heteroatoms. The number of hydrogen-bond donors (Lipinski definition) is 3. The van der Waals surface area contributed by atoms with Gasteiger partial charge >= 0.3 is 0 Å². The summed E-state index contributed by atoms with van der Waals surface area (Å²) in [6.07, 6.45) is 0.329. The largest absolute Gasteiger partial charge is 0.356 e. The smallest absolute Gasteiger partial charge is 0.251 e. The van der Waals surface area contributed by atoms with E-state index in [9.17, 15) is 9.59 Å². The maximum atomic E-state index is 12.3. The van der Waals surface area contributed by atoms with Crippen LogP contribution in [-0.2, 0) is 14.3 Å². The minimum atomic E-state index is -0.505. The van der Waals surface area contributed by atoms with Crippen LogP contribution in [0.3, 0.4) is 0 Å². The zero-order valence-corrected chi connectivity index (χ0v) is 14.4. The monoisotopic (exact) mass is 338 g/mol. The van der Waals surface area contributed by atoms with E-state index in [4.69, 9.17) is 14.7 Å². The molecule has 0 aromatic heterocycles. The lowest BCUT2D eigenvalue weighted by molar-refractivity contribution is -0.133. The van der Waals surface area contributed by atoms with E-state index in [-0.39, 0.29) is 25.3 Å². The van der Waals surface area contributed by atoms with Crippen LogP contribution in [0.2, 0.25) is 0 Å². The number of nitrogens with one attached hydrogen (secondary N) is 2. The van der Waals surface area contributed by atoms with Gasteiger partial charge in [-0.2, -0.15) is 0 Å². The summed E-state index contributed by atoms with van der Waals surface area (Å²) in [7, 11) is 0. The third kappa shape index (κ3) is 7.08. The molecule has 0 aliphatic carbocycles. The summed E-state index contributed by atoms with van der Waals surface area (Å²) >= 11 is 0. The van der Waals surface area contributed by atoms with Crippen LogP contribution in [0.1, 0.15) is 36.2 Å². The molecule has 1 aromatic rings. The first-order valence-electron chi connectivity index (χ1n) is 7.94. The maximum Gasteiger partial charge on any atom is 0.251 e. The molecule has 0 aliphatic heterocycles. The molecule has 1 aromatic carbocycles. The van der Waals surface area contributed by atoms with Gasteiger partial charge in [-0.15, -0.1) is 0 Å². The Labute approximate surface area is 142 Å². The van der Waals surface area contributed by atoms with Gasteiger partial charge in [-0.1, -0.05) is 24.6 Å². The molecule has 7 nitrogen and oxygen atoms in total. The molecule has 0 heterocycles. The number of amides is 2. The number of carbonyl (C=O) groups is 2. The standard InChI is InChI=1S/C17H26N2O5/c1-4-23-11-24-10-15(9-13(3)16(20)19-22)18-17(21)14-7-5-12(2)6-8-14/h5-8,13,15,22H,4,9-11H2,1-3H3,(H,18,21)(H,19,20). The normalized spacial score (nSPS) is 13.2. The minimum Gasteiger partial charge on any atom is -0.356 e. The van der Waals surface area contributed by atoms with Crippen LogP contribution < -0.4 is 10.8 Å². The number of hydrogen-bond acceptors (Lipinski definition) is 5. The Morgan fingerprint density at radius 2 is 1.88 bits per heavy atom. The van der Waals surface area contributed by atoms with Crippen LogP contribution >= 0.6 is 0 Å². The van der Waals surface area contributed by atoms with Crippen molar-refractivity contribution in [3.05, 3.63) is 35.4 Å². The quantitative estimate of drug-likeness (QED) is 0.261. The number of ether oxygens (including phenoxy) is 2. The summed E-state index contributed by atoms with van der Waals surface area (Å²) in [4.78, 5) is 23.8. The van der Waals surface area contributed by atoms with Crippen molar-refractivity contribution in [3.63, 3.8) is 0 Å². The first-order chi connectivity index (χ1) is 11.5. The van der Waals surface area contributed by atoms with Crippen LogP contribution in [0.4, 0.5) is 0 Å². The lowest BCUT2D eigenvalue weighted by atomic mass is 10.0. The highest BCUT2D eigenvalue weighted by molar-refractivity contribution is 5.94. The molecule has 0 saturated heterocycles. The van der Waals surface area contributed by atoms with Gasteiger partial charge < -0.3 is 14.8 Å². The fraction of sp³-hybridized carbons (Fsp3) is 0.529. The number of rotatable bonds is 10. The minimum absolute atomic E-state index is 0.119. The van der Waals surface area contributed by atoms with Crippen LogP contribution in [0.15, 0.2) is 24.3 Å². The molecule has 0 fully saturated rings. The first-order valence-corrected chi connectivity index (χ1v) is 7.94. The van der Waals surface area contributed by atoms with E-state index in [0.717, 1.165) is 5.56 Å². The van der Waals surface area contributed by atoms with Gasteiger partial charge in [0.15, 0.2) is 0 Å². The highest BCUT2D eigenvalue weighted by atomic mass is 16.7. The van der Waals surface area contributed by atoms with Crippen LogP contribution in [0, 0.1) is 12.8 Å². The third-order valence-corrected chi connectivity index (χ3v) is 3.53. The highest BCUT2D eigenvalue weighted by Gasteiger charge is 2.21. The van der Waals surface area contributed by atoms with Gasteiger partial charge in [0.25, 0.3) is 5.91 Å². The fourth-order valence-electron chi connectivity index (χ4n) is 2.12. The fourth-order valence-corrected chi connectivity index (χ4v) is 2.12. The van der Waals surface area contributed by atoms with E-state index < -0.39 is 11.8 Å². The van der Waals surface area contributed by atoms with E-state index in [1.807, 2.05) is 26.0 Å². The van der Waals surface area contributed by atoms with Gasteiger partial charge in [0.1, 0.15) is 6.79 Å². The number of benzene rings is 1. The van der Waals surface area contributed by atoms with E-state index >= 15 is 0 Å². The second-order valence-electron chi connectivity index (χ2n) is 5.63. The summed E-state index contributed by atoms with van der Waals surface area (Å²) in [6, 6.07) is 6.82. The van der Waals surface area contributed by atoms with Gasteiger partial charge in [0.05, 0.1) is 12.6 Å². The Balaban J connectivity index is 2.66. The number of aryl methyl sites for hydroxylation is 1. The molecular formula is C17H26N2O5. The van der Waals surface area contributed by atoms with Crippen molar-refractivity contribution in [1.82, 2.24) is 10.8 Å². The molecule has 2 atom stereocenters. The van der Waals surface area contributed by atoms with Gasteiger partial charge in [0, 0.05) is 18.1 Å². The average Bonchev–Trinajstić information content (AvgIpc) is 2.58. The molecule has 0 bridgehead atoms. The third-order valence-electron chi connectivity index (χ3n) is 3.53. The van der Waals surface area contributed by atoms with Crippen molar-refractivity contribution in [2.45, 2.75) is 33.2 Å². The van der Waals surface area contributed by atoms with Crippen LogP contribution in [-0.4, -0.2) is 43.1 Å².